The van der Waals surface area contributed by atoms with Crippen LogP contribution in [0.5, 0.6) is 0 Å². The molecule has 2 heterocycles. The lowest BCUT2D eigenvalue weighted by molar-refractivity contribution is -0.134. The minimum absolute atomic E-state index is 0.173. The number of piperazine rings is 1. The number of hydrogen-bond donors (Lipinski definition) is 0. The van der Waals surface area contributed by atoms with Crippen molar-refractivity contribution in [1.29, 1.82) is 0 Å². The number of fused-ring (bicyclic) bond motifs is 1. The van der Waals surface area contributed by atoms with E-state index in [2.05, 4.69) is 4.90 Å². The van der Waals surface area contributed by atoms with Crippen molar-refractivity contribution in [3.05, 3.63) is 51.5 Å². The molecule has 1 aliphatic heterocycles. The fourth-order valence-electron chi connectivity index (χ4n) is 3.75. The van der Waals surface area contributed by atoms with E-state index < -0.39 is 5.97 Å². The van der Waals surface area contributed by atoms with E-state index >= 15 is 0 Å². The van der Waals surface area contributed by atoms with Gasteiger partial charge in [-0.15, -0.1) is 11.3 Å². The van der Waals surface area contributed by atoms with Gasteiger partial charge in [0.05, 0.1) is 0 Å². The first-order valence-corrected chi connectivity index (χ1v) is 10.5. The molecule has 1 aromatic carbocycles. The van der Waals surface area contributed by atoms with Gasteiger partial charge in [-0.1, -0.05) is 0 Å². The van der Waals surface area contributed by atoms with Crippen molar-refractivity contribution >= 4 is 28.9 Å². The van der Waals surface area contributed by atoms with Crippen LogP contribution in [0.3, 0.4) is 0 Å². The molecule has 1 aromatic heterocycles. The van der Waals surface area contributed by atoms with Crippen LogP contribution in [0.4, 0.5) is 10.1 Å². The van der Waals surface area contributed by atoms with Crippen LogP contribution in [0.1, 0.15) is 33.0 Å². The van der Waals surface area contributed by atoms with Gasteiger partial charge >= 0.3 is 5.97 Å². The lowest BCUT2D eigenvalue weighted by atomic mass is 9.99. The van der Waals surface area contributed by atoms with Gasteiger partial charge in [0.1, 0.15) is 10.7 Å². The van der Waals surface area contributed by atoms with E-state index in [1.807, 2.05) is 6.07 Å². The third-order valence-corrected chi connectivity index (χ3v) is 6.57. The number of rotatable bonds is 4. The third kappa shape index (κ3) is 4.19. The van der Waals surface area contributed by atoms with Crippen molar-refractivity contribution in [3.63, 3.8) is 0 Å². The highest BCUT2D eigenvalue weighted by molar-refractivity contribution is 7.14. The highest BCUT2D eigenvalue weighted by atomic mass is 32.1. The summed E-state index contributed by atoms with van der Waals surface area (Å²) in [6.07, 6.45) is 4.39. The molecule has 0 atom stereocenters. The van der Waals surface area contributed by atoms with Gasteiger partial charge in [-0.05, 0) is 61.6 Å². The Morgan fingerprint density at radius 2 is 1.75 bits per heavy atom. The molecule has 5 nitrogen and oxygen atoms in total. The van der Waals surface area contributed by atoms with E-state index in [9.17, 15) is 14.0 Å². The van der Waals surface area contributed by atoms with Crippen LogP contribution in [0.2, 0.25) is 0 Å². The minimum atomic E-state index is -0.405. The first-order valence-electron chi connectivity index (χ1n) is 9.67. The number of carbonyl (C=O) groups excluding carboxylic acids is 2. The summed E-state index contributed by atoms with van der Waals surface area (Å²) in [6.45, 7) is 2.23. The van der Waals surface area contributed by atoms with Gasteiger partial charge in [0.2, 0.25) is 0 Å². The highest BCUT2D eigenvalue weighted by Crippen LogP contribution is 2.30. The largest absolute Gasteiger partial charge is 0.451 e. The van der Waals surface area contributed by atoms with Crippen molar-refractivity contribution in [2.75, 3.05) is 37.7 Å². The van der Waals surface area contributed by atoms with Gasteiger partial charge in [-0.3, -0.25) is 4.79 Å². The van der Waals surface area contributed by atoms with Crippen LogP contribution < -0.4 is 4.90 Å². The van der Waals surface area contributed by atoms with Crippen LogP contribution in [-0.2, 0) is 22.4 Å². The van der Waals surface area contributed by atoms with E-state index in [-0.39, 0.29) is 18.3 Å². The standard InChI is InChI=1S/C21H23FN2O3S/c22-16-5-7-17(8-6-16)23-9-11-24(12-10-23)20(25)14-27-21(26)19-13-15-3-1-2-4-18(15)28-19/h5-8,13H,1-4,9-12,14H2. The Hall–Kier alpha value is -2.41. The van der Waals surface area contributed by atoms with Gasteiger partial charge in [0, 0.05) is 36.7 Å². The summed E-state index contributed by atoms with van der Waals surface area (Å²) in [6, 6.07) is 8.29. The van der Waals surface area contributed by atoms with E-state index in [1.165, 1.54) is 46.8 Å². The molecule has 1 saturated heterocycles. The summed E-state index contributed by atoms with van der Waals surface area (Å²) < 4.78 is 18.3. The maximum absolute atomic E-state index is 13.0. The topological polar surface area (TPSA) is 49.9 Å². The van der Waals surface area contributed by atoms with Gasteiger partial charge in [-0.25, -0.2) is 9.18 Å². The summed E-state index contributed by atoms with van der Waals surface area (Å²) >= 11 is 1.50. The normalized spacial score (nSPS) is 16.6. The SMILES string of the molecule is O=C(OCC(=O)N1CCN(c2ccc(F)cc2)CC1)c1cc2c(s1)CCCC2. The fourth-order valence-corrected chi connectivity index (χ4v) is 4.89. The predicted molar refractivity (Wildman–Crippen MR) is 106 cm³/mol. The van der Waals surface area contributed by atoms with Gasteiger partial charge in [0.25, 0.3) is 5.91 Å². The van der Waals surface area contributed by atoms with Crippen LogP contribution in [0, 0.1) is 5.82 Å². The number of anilines is 1. The fraction of sp³-hybridized carbons (Fsp3) is 0.429. The van der Waals surface area contributed by atoms with Crippen LogP contribution in [0.25, 0.3) is 0 Å². The molecule has 0 radical (unpaired) electrons. The number of aryl methyl sites for hydroxylation is 2. The second kappa shape index (κ2) is 8.31. The van der Waals surface area contributed by atoms with Gasteiger partial charge in [0.15, 0.2) is 6.61 Å². The zero-order chi connectivity index (χ0) is 19.5. The molecule has 2 aliphatic rings. The number of carbonyl (C=O) groups is 2. The van der Waals surface area contributed by atoms with E-state index in [4.69, 9.17) is 4.74 Å². The van der Waals surface area contributed by atoms with E-state index in [0.29, 0.717) is 31.1 Å². The van der Waals surface area contributed by atoms with E-state index in [0.717, 1.165) is 18.5 Å². The summed E-state index contributed by atoms with van der Waals surface area (Å²) in [5.74, 6) is -0.836. The predicted octanol–water partition coefficient (Wildman–Crippen LogP) is 3.27. The number of esters is 1. The molecule has 0 spiro atoms. The maximum Gasteiger partial charge on any atom is 0.348 e. The molecule has 7 heteroatoms. The van der Waals surface area contributed by atoms with Crippen LogP contribution in [-0.4, -0.2) is 49.6 Å². The molecule has 0 bridgehead atoms. The number of ether oxygens (including phenoxy) is 1. The molecule has 2 aromatic rings. The molecule has 1 fully saturated rings. The zero-order valence-corrected chi connectivity index (χ0v) is 16.5. The van der Waals surface area contributed by atoms with Crippen LogP contribution >= 0.6 is 11.3 Å². The lowest BCUT2D eigenvalue weighted by Gasteiger charge is -2.36. The van der Waals surface area contributed by atoms with Crippen molar-refractivity contribution in [3.8, 4) is 0 Å². The molecule has 0 unspecified atom stereocenters. The zero-order valence-electron chi connectivity index (χ0n) is 15.7. The summed E-state index contributed by atoms with van der Waals surface area (Å²) in [5.41, 5.74) is 2.20. The molecular weight excluding hydrogens is 379 g/mol. The Balaban J connectivity index is 1.26. The third-order valence-electron chi connectivity index (χ3n) is 5.35. The molecule has 1 aliphatic carbocycles. The molecule has 0 saturated carbocycles. The number of nitrogens with zero attached hydrogens (tertiary/aromatic N) is 2. The number of hydrogen-bond acceptors (Lipinski definition) is 5. The number of benzene rings is 1. The molecular formula is C21H23FN2O3S. The maximum atomic E-state index is 13.0. The van der Waals surface area contributed by atoms with Gasteiger partial charge in [-0.2, -0.15) is 0 Å². The Morgan fingerprint density at radius 1 is 1.04 bits per heavy atom. The van der Waals surface area contributed by atoms with Crippen molar-refractivity contribution < 1.29 is 18.7 Å². The number of amides is 1. The van der Waals surface area contributed by atoms with Crippen molar-refractivity contribution in [2.24, 2.45) is 0 Å². The average Bonchev–Trinajstić information content (AvgIpc) is 3.17. The first-order chi connectivity index (χ1) is 13.6. The average molecular weight is 402 g/mol. The van der Waals surface area contributed by atoms with Gasteiger partial charge < -0.3 is 14.5 Å². The van der Waals surface area contributed by atoms with Crippen molar-refractivity contribution in [1.82, 2.24) is 4.90 Å². The van der Waals surface area contributed by atoms with Crippen LogP contribution in [0.15, 0.2) is 30.3 Å². The molecule has 28 heavy (non-hydrogen) atoms. The Morgan fingerprint density at radius 3 is 2.46 bits per heavy atom. The summed E-state index contributed by atoms with van der Waals surface area (Å²) in [7, 11) is 0. The quantitative estimate of drug-likeness (QED) is 0.737. The second-order valence-corrected chi connectivity index (χ2v) is 8.32. The minimum Gasteiger partial charge on any atom is -0.451 e. The number of thiophene rings is 1. The Kier molecular flexibility index (Phi) is 5.62. The highest BCUT2D eigenvalue weighted by Gasteiger charge is 2.23. The Labute approximate surface area is 167 Å². The Bertz CT molecular complexity index is 834. The molecule has 1 amide bonds. The first kappa shape index (κ1) is 18.9. The monoisotopic (exact) mass is 402 g/mol. The summed E-state index contributed by atoms with van der Waals surface area (Å²) in [4.78, 5) is 30.4. The number of halogens is 1. The molecule has 148 valence electrons. The lowest BCUT2D eigenvalue weighted by Crippen LogP contribution is -2.49. The summed E-state index contributed by atoms with van der Waals surface area (Å²) in [5, 5.41) is 0. The smallest absolute Gasteiger partial charge is 0.348 e. The second-order valence-electron chi connectivity index (χ2n) is 7.19. The van der Waals surface area contributed by atoms with Crippen molar-refractivity contribution in [2.45, 2.75) is 25.7 Å². The molecule has 0 N–H and O–H groups in total. The molecule has 4 rings (SSSR count). The van der Waals surface area contributed by atoms with E-state index in [1.54, 1.807) is 17.0 Å².